The van der Waals surface area contributed by atoms with Gasteiger partial charge in [-0.3, -0.25) is 9.97 Å². The van der Waals surface area contributed by atoms with E-state index in [-0.39, 0.29) is 0 Å². The smallest absolute Gasteiger partial charge is 0.184 e. The number of rotatable bonds is 6. The maximum absolute atomic E-state index is 6.13. The number of thiazole rings is 1. The van der Waals surface area contributed by atoms with Gasteiger partial charge >= 0.3 is 0 Å². The second-order valence-corrected chi connectivity index (χ2v) is 8.75. The topological polar surface area (TPSA) is 69.2 Å². The predicted octanol–water partition coefficient (Wildman–Crippen LogP) is 6.30. The fraction of sp³-hybridized carbons (Fsp3) is 0.292. The molecule has 158 valence electrons. The summed E-state index contributed by atoms with van der Waals surface area (Å²) < 4.78 is 12.5. The summed E-state index contributed by atoms with van der Waals surface area (Å²) in [5.74, 6) is 2.19. The molecule has 31 heavy (non-hydrogen) atoms. The zero-order valence-corrected chi connectivity index (χ0v) is 18.2. The van der Waals surface area contributed by atoms with E-state index in [1.807, 2.05) is 36.4 Å². The van der Waals surface area contributed by atoms with Gasteiger partial charge in [-0.1, -0.05) is 30.6 Å². The number of nitrogens with one attached hydrogen (secondary N) is 1. The zero-order chi connectivity index (χ0) is 21.0. The molecule has 1 aliphatic carbocycles. The highest BCUT2D eigenvalue weighted by Crippen LogP contribution is 2.33. The van der Waals surface area contributed by atoms with Crippen LogP contribution in [0.4, 0.5) is 5.13 Å². The molecule has 0 unspecified atom stereocenters. The van der Waals surface area contributed by atoms with Gasteiger partial charge in [0.1, 0.15) is 17.2 Å². The van der Waals surface area contributed by atoms with Gasteiger partial charge in [0.05, 0.1) is 29.2 Å². The molecule has 1 saturated carbocycles. The normalized spacial score (nSPS) is 14.5. The lowest BCUT2D eigenvalue weighted by Crippen LogP contribution is -2.21. The molecule has 1 fully saturated rings. The Morgan fingerprint density at radius 2 is 1.84 bits per heavy atom. The number of anilines is 1. The molecule has 6 nitrogen and oxygen atoms in total. The van der Waals surface area contributed by atoms with E-state index in [1.54, 1.807) is 37.0 Å². The average molecular weight is 433 g/mol. The minimum Gasteiger partial charge on any atom is -0.495 e. The van der Waals surface area contributed by atoms with Gasteiger partial charge in [0.2, 0.25) is 0 Å². The Kier molecular flexibility index (Phi) is 5.67. The van der Waals surface area contributed by atoms with Crippen molar-refractivity contribution >= 4 is 26.7 Å². The summed E-state index contributed by atoms with van der Waals surface area (Å²) in [6, 6.07) is 12.2. The maximum atomic E-state index is 6.13. The molecule has 3 aromatic heterocycles. The van der Waals surface area contributed by atoms with Crippen molar-refractivity contribution in [3.63, 3.8) is 0 Å². The third-order valence-electron chi connectivity index (χ3n) is 5.50. The van der Waals surface area contributed by atoms with Gasteiger partial charge in [0.15, 0.2) is 5.13 Å². The standard InChI is InChI=1S/C24H24N4O2S/c1-29-20-11-16(14-25-15-20)22-12-19(9-10-26-22)30-18-7-8-21-23(13-18)31-24(28-21)27-17-5-3-2-4-6-17/h7-15,17H,2-6H2,1H3,(H,27,28). The van der Waals surface area contributed by atoms with E-state index in [2.05, 4.69) is 15.3 Å². The highest BCUT2D eigenvalue weighted by Gasteiger charge is 2.15. The molecule has 7 heteroatoms. The van der Waals surface area contributed by atoms with Crippen LogP contribution in [0.5, 0.6) is 17.2 Å². The summed E-state index contributed by atoms with van der Waals surface area (Å²) in [7, 11) is 1.62. The fourth-order valence-corrected chi connectivity index (χ4v) is 4.86. The molecular formula is C24H24N4O2S. The second kappa shape index (κ2) is 8.89. The van der Waals surface area contributed by atoms with Crippen LogP contribution in [0.3, 0.4) is 0 Å². The van der Waals surface area contributed by atoms with E-state index < -0.39 is 0 Å². The van der Waals surface area contributed by atoms with Crippen LogP contribution < -0.4 is 14.8 Å². The van der Waals surface area contributed by atoms with Crippen molar-refractivity contribution in [3.05, 3.63) is 55.0 Å². The molecule has 0 atom stereocenters. The lowest BCUT2D eigenvalue weighted by Gasteiger charge is -2.22. The van der Waals surface area contributed by atoms with E-state index in [0.717, 1.165) is 38.1 Å². The van der Waals surface area contributed by atoms with Crippen molar-refractivity contribution < 1.29 is 9.47 Å². The summed E-state index contributed by atoms with van der Waals surface area (Å²) in [5.41, 5.74) is 2.65. The van der Waals surface area contributed by atoms with Crippen LogP contribution in [0.15, 0.2) is 55.0 Å². The maximum Gasteiger partial charge on any atom is 0.184 e. The van der Waals surface area contributed by atoms with Crippen LogP contribution in [-0.4, -0.2) is 28.1 Å². The largest absolute Gasteiger partial charge is 0.495 e. The average Bonchev–Trinajstić information content (AvgIpc) is 3.21. The summed E-state index contributed by atoms with van der Waals surface area (Å²) >= 11 is 1.68. The first-order chi connectivity index (χ1) is 15.3. The molecule has 0 bridgehead atoms. The third-order valence-corrected chi connectivity index (χ3v) is 6.45. The van der Waals surface area contributed by atoms with Crippen LogP contribution in [0.2, 0.25) is 0 Å². The highest BCUT2D eigenvalue weighted by molar-refractivity contribution is 7.22. The Balaban J connectivity index is 1.34. The number of aromatic nitrogens is 3. The zero-order valence-electron chi connectivity index (χ0n) is 17.4. The SMILES string of the molecule is COc1cncc(-c2cc(Oc3ccc4nc(NC5CCCCC5)sc4c3)ccn2)c1. The third kappa shape index (κ3) is 4.61. The number of hydrogen-bond acceptors (Lipinski definition) is 7. The monoisotopic (exact) mass is 432 g/mol. The number of pyridine rings is 2. The number of benzene rings is 1. The van der Waals surface area contributed by atoms with Crippen LogP contribution in [0.25, 0.3) is 21.5 Å². The van der Waals surface area contributed by atoms with Crippen molar-refractivity contribution in [3.8, 4) is 28.5 Å². The lowest BCUT2D eigenvalue weighted by atomic mass is 9.96. The van der Waals surface area contributed by atoms with Crippen LogP contribution in [-0.2, 0) is 0 Å². The quantitative estimate of drug-likeness (QED) is 0.386. The van der Waals surface area contributed by atoms with E-state index in [0.29, 0.717) is 11.8 Å². The Hall–Kier alpha value is -3.19. The highest BCUT2D eigenvalue weighted by atomic mass is 32.1. The van der Waals surface area contributed by atoms with Gasteiger partial charge in [-0.15, -0.1) is 0 Å². The molecule has 0 spiro atoms. The summed E-state index contributed by atoms with van der Waals surface area (Å²) in [5, 5.41) is 4.61. The van der Waals surface area contributed by atoms with Crippen molar-refractivity contribution in [1.82, 2.24) is 15.0 Å². The number of ether oxygens (including phenoxy) is 2. The molecule has 1 aliphatic rings. The van der Waals surface area contributed by atoms with Crippen molar-refractivity contribution in [2.24, 2.45) is 0 Å². The summed E-state index contributed by atoms with van der Waals surface area (Å²) in [6.45, 7) is 0. The van der Waals surface area contributed by atoms with Crippen molar-refractivity contribution in [2.75, 3.05) is 12.4 Å². The van der Waals surface area contributed by atoms with Gasteiger partial charge in [-0.25, -0.2) is 4.98 Å². The molecule has 1 N–H and O–H groups in total. The first-order valence-electron chi connectivity index (χ1n) is 10.6. The Labute approximate surface area is 185 Å². The lowest BCUT2D eigenvalue weighted by molar-refractivity contribution is 0.413. The number of fused-ring (bicyclic) bond motifs is 1. The predicted molar refractivity (Wildman–Crippen MR) is 124 cm³/mol. The Morgan fingerprint density at radius 3 is 2.71 bits per heavy atom. The van der Waals surface area contributed by atoms with Gasteiger partial charge in [-0.2, -0.15) is 0 Å². The van der Waals surface area contributed by atoms with Gasteiger partial charge < -0.3 is 14.8 Å². The number of hydrogen-bond donors (Lipinski definition) is 1. The van der Waals surface area contributed by atoms with Gasteiger partial charge in [0, 0.05) is 36.1 Å². The molecule has 1 aromatic carbocycles. The van der Waals surface area contributed by atoms with E-state index in [4.69, 9.17) is 14.5 Å². The molecule has 4 aromatic rings. The Morgan fingerprint density at radius 1 is 0.968 bits per heavy atom. The van der Waals surface area contributed by atoms with Crippen LogP contribution in [0.1, 0.15) is 32.1 Å². The van der Waals surface area contributed by atoms with E-state index in [9.17, 15) is 0 Å². The molecule has 5 rings (SSSR count). The molecule has 0 aliphatic heterocycles. The first-order valence-corrected chi connectivity index (χ1v) is 11.4. The van der Waals surface area contributed by atoms with E-state index in [1.165, 1.54) is 32.1 Å². The van der Waals surface area contributed by atoms with Gasteiger partial charge in [0.25, 0.3) is 0 Å². The number of nitrogens with zero attached hydrogens (tertiary/aromatic N) is 3. The summed E-state index contributed by atoms with van der Waals surface area (Å²) in [6.07, 6.45) is 11.6. The van der Waals surface area contributed by atoms with Gasteiger partial charge in [-0.05, 0) is 37.1 Å². The molecular weight excluding hydrogens is 408 g/mol. The van der Waals surface area contributed by atoms with Crippen molar-refractivity contribution in [2.45, 2.75) is 38.1 Å². The number of methoxy groups -OCH3 is 1. The van der Waals surface area contributed by atoms with E-state index >= 15 is 0 Å². The summed E-state index contributed by atoms with van der Waals surface area (Å²) in [4.78, 5) is 13.4. The van der Waals surface area contributed by atoms with Crippen molar-refractivity contribution in [1.29, 1.82) is 0 Å². The molecule has 3 heterocycles. The molecule has 0 amide bonds. The van der Waals surface area contributed by atoms with Crippen LogP contribution in [0, 0.1) is 0 Å². The Bertz CT molecular complexity index is 1190. The second-order valence-electron chi connectivity index (χ2n) is 7.72. The fourth-order valence-electron chi connectivity index (χ4n) is 3.89. The molecule has 0 saturated heterocycles. The minimum absolute atomic E-state index is 0.548. The minimum atomic E-state index is 0.548. The van der Waals surface area contributed by atoms with Crippen LogP contribution >= 0.6 is 11.3 Å². The molecule has 0 radical (unpaired) electrons. The first kappa shape index (κ1) is 19.8.